The maximum Gasteiger partial charge on any atom is 0.329 e. The largest absolute Gasteiger partial charge is 0.480 e. The minimum Gasteiger partial charge on any atom is -0.480 e. The lowest BCUT2D eigenvalue weighted by molar-refractivity contribution is -0.145. The summed E-state index contributed by atoms with van der Waals surface area (Å²) in [7, 11) is 0. The zero-order chi connectivity index (χ0) is 14.5. The predicted octanol–water partition coefficient (Wildman–Crippen LogP) is 1.45. The molecular formula is C13H24N2O4. The standard InChI is InChI=1S/C13H24N2O4/c1-4-13(2,3)14-12(18)15-7-5-10(6-8-15)19-9-11(16)17/h10H,4-9H2,1-3H3,(H,14,18)(H,16,17). The quantitative estimate of drug-likeness (QED) is 0.794. The summed E-state index contributed by atoms with van der Waals surface area (Å²) in [5.74, 6) is -0.954. The van der Waals surface area contributed by atoms with Crippen LogP contribution in [-0.2, 0) is 9.53 Å². The molecule has 1 saturated heterocycles. The highest BCUT2D eigenvalue weighted by Gasteiger charge is 2.26. The van der Waals surface area contributed by atoms with Crippen LogP contribution in [0.5, 0.6) is 0 Å². The van der Waals surface area contributed by atoms with Crippen molar-refractivity contribution in [3.05, 3.63) is 0 Å². The Hall–Kier alpha value is -1.30. The number of amides is 2. The number of carbonyl (C=O) groups excluding carboxylic acids is 1. The monoisotopic (exact) mass is 272 g/mol. The van der Waals surface area contributed by atoms with Gasteiger partial charge < -0.3 is 20.1 Å². The molecule has 1 rings (SSSR count). The Morgan fingerprint density at radius 3 is 2.42 bits per heavy atom. The van der Waals surface area contributed by atoms with Crippen LogP contribution in [0.25, 0.3) is 0 Å². The van der Waals surface area contributed by atoms with E-state index >= 15 is 0 Å². The molecule has 0 saturated carbocycles. The van der Waals surface area contributed by atoms with E-state index in [1.54, 1.807) is 4.90 Å². The molecule has 1 heterocycles. The normalized spacial score (nSPS) is 17.3. The molecule has 1 aliphatic heterocycles. The van der Waals surface area contributed by atoms with Crippen molar-refractivity contribution >= 4 is 12.0 Å². The molecule has 19 heavy (non-hydrogen) atoms. The molecule has 0 aromatic rings. The Morgan fingerprint density at radius 1 is 1.37 bits per heavy atom. The van der Waals surface area contributed by atoms with Crippen molar-refractivity contribution in [1.29, 1.82) is 0 Å². The zero-order valence-corrected chi connectivity index (χ0v) is 11.9. The summed E-state index contributed by atoms with van der Waals surface area (Å²) in [5, 5.41) is 11.5. The van der Waals surface area contributed by atoms with E-state index in [1.165, 1.54) is 0 Å². The number of carbonyl (C=O) groups is 2. The van der Waals surface area contributed by atoms with Crippen molar-refractivity contribution in [3.63, 3.8) is 0 Å². The minimum atomic E-state index is -0.954. The van der Waals surface area contributed by atoms with Gasteiger partial charge in [-0.15, -0.1) is 0 Å². The first-order chi connectivity index (χ1) is 8.84. The number of carboxylic acid groups (broad SMARTS) is 1. The summed E-state index contributed by atoms with van der Waals surface area (Å²) < 4.78 is 5.24. The first kappa shape index (κ1) is 15.8. The second-order valence-corrected chi connectivity index (χ2v) is 5.56. The number of hydrogen-bond acceptors (Lipinski definition) is 3. The average molecular weight is 272 g/mol. The lowest BCUT2D eigenvalue weighted by Gasteiger charge is -2.34. The fraction of sp³-hybridized carbons (Fsp3) is 0.846. The van der Waals surface area contributed by atoms with Crippen LogP contribution in [0, 0.1) is 0 Å². The molecule has 0 aromatic heterocycles. The van der Waals surface area contributed by atoms with Gasteiger partial charge in [0.15, 0.2) is 0 Å². The van der Waals surface area contributed by atoms with Crippen molar-refractivity contribution in [1.82, 2.24) is 10.2 Å². The zero-order valence-electron chi connectivity index (χ0n) is 11.9. The molecule has 6 heteroatoms. The molecule has 2 amide bonds. The van der Waals surface area contributed by atoms with Crippen molar-refractivity contribution in [3.8, 4) is 0 Å². The van der Waals surface area contributed by atoms with Gasteiger partial charge in [-0.2, -0.15) is 0 Å². The lowest BCUT2D eigenvalue weighted by atomic mass is 10.0. The maximum atomic E-state index is 12.0. The average Bonchev–Trinajstić information content (AvgIpc) is 2.36. The highest BCUT2D eigenvalue weighted by Crippen LogP contribution is 2.15. The van der Waals surface area contributed by atoms with Crippen molar-refractivity contribution in [2.75, 3.05) is 19.7 Å². The van der Waals surface area contributed by atoms with Gasteiger partial charge in [0.05, 0.1) is 6.10 Å². The third-order valence-corrected chi connectivity index (χ3v) is 3.50. The van der Waals surface area contributed by atoms with E-state index in [9.17, 15) is 9.59 Å². The molecule has 0 aromatic carbocycles. The smallest absolute Gasteiger partial charge is 0.329 e. The molecule has 0 unspecified atom stereocenters. The Kier molecular flexibility index (Phi) is 5.60. The van der Waals surface area contributed by atoms with Crippen molar-refractivity contribution < 1.29 is 19.4 Å². The van der Waals surface area contributed by atoms with Crippen LogP contribution in [0.15, 0.2) is 0 Å². The first-order valence-corrected chi connectivity index (χ1v) is 6.74. The number of piperidine rings is 1. The van der Waals surface area contributed by atoms with Crippen LogP contribution in [-0.4, -0.2) is 53.3 Å². The summed E-state index contributed by atoms with van der Waals surface area (Å²) >= 11 is 0. The highest BCUT2D eigenvalue weighted by atomic mass is 16.5. The fourth-order valence-electron chi connectivity index (χ4n) is 1.87. The third kappa shape index (κ3) is 5.46. The Labute approximate surface area is 114 Å². The van der Waals surface area contributed by atoms with E-state index in [0.29, 0.717) is 25.9 Å². The van der Waals surface area contributed by atoms with E-state index in [2.05, 4.69) is 5.32 Å². The number of aliphatic carboxylic acids is 1. The number of nitrogens with zero attached hydrogens (tertiary/aromatic N) is 1. The van der Waals surface area contributed by atoms with E-state index in [4.69, 9.17) is 9.84 Å². The Balaban J connectivity index is 2.33. The molecule has 1 aliphatic rings. The number of nitrogens with one attached hydrogen (secondary N) is 1. The Bertz CT molecular complexity index is 323. The van der Waals surface area contributed by atoms with E-state index in [1.807, 2.05) is 20.8 Å². The van der Waals surface area contributed by atoms with E-state index < -0.39 is 5.97 Å². The topological polar surface area (TPSA) is 78.9 Å². The van der Waals surface area contributed by atoms with Crippen LogP contribution in [0.2, 0.25) is 0 Å². The second-order valence-electron chi connectivity index (χ2n) is 5.56. The van der Waals surface area contributed by atoms with Gasteiger partial charge in [0.1, 0.15) is 6.61 Å². The van der Waals surface area contributed by atoms with Crippen molar-refractivity contribution in [2.45, 2.75) is 51.7 Å². The number of ether oxygens (including phenoxy) is 1. The van der Waals surface area contributed by atoms with Crippen LogP contribution in [0.3, 0.4) is 0 Å². The van der Waals surface area contributed by atoms with Gasteiger partial charge in [0, 0.05) is 18.6 Å². The summed E-state index contributed by atoms with van der Waals surface area (Å²) in [4.78, 5) is 24.2. The number of carboxylic acids is 1. The molecule has 0 radical (unpaired) electrons. The molecule has 2 N–H and O–H groups in total. The number of likely N-dealkylation sites (tertiary alicyclic amines) is 1. The second kappa shape index (κ2) is 6.75. The maximum absolute atomic E-state index is 12.0. The summed E-state index contributed by atoms with van der Waals surface area (Å²) in [6.07, 6.45) is 2.19. The van der Waals surface area contributed by atoms with Gasteiger partial charge in [0.2, 0.25) is 0 Å². The summed E-state index contributed by atoms with van der Waals surface area (Å²) in [5.41, 5.74) is -0.201. The molecule has 0 bridgehead atoms. The van der Waals surface area contributed by atoms with Crippen LogP contribution < -0.4 is 5.32 Å². The van der Waals surface area contributed by atoms with E-state index in [-0.39, 0.29) is 24.3 Å². The highest BCUT2D eigenvalue weighted by molar-refractivity contribution is 5.75. The fourth-order valence-corrected chi connectivity index (χ4v) is 1.87. The predicted molar refractivity (Wildman–Crippen MR) is 71.1 cm³/mol. The molecule has 6 nitrogen and oxygen atoms in total. The minimum absolute atomic E-state index is 0.0523. The van der Waals surface area contributed by atoms with Crippen LogP contribution in [0.4, 0.5) is 4.79 Å². The summed E-state index contributed by atoms with van der Waals surface area (Å²) in [6, 6.07) is -0.0523. The van der Waals surface area contributed by atoms with Crippen LogP contribution >= 0.6 is 0 Å². The van der Waals surface area contributed by atoms with E-state index in [0.717, 1.165) is 6.42 Å². The number of rotatable bonds is 5. The molecular weight excluding hydrogens is 248 g/mol. The van der Waals surface area contributed by atoms with Crippen molar-refractivity contribution in [2.24, 2.45) is 0 Å². The molecule has 0 spiro atoms. The number of urea groups is 1. The summed E-state index contributed by atoms with van der Waals surface area (Å²) in [6.45, 7) is 6.97. The molecule has 0 atom stereocenters. The molecule has 1 fully saturated rings. The lowest BCUT2D eigenvalue weighted by Crippen LogP contribution is -2.52. The molecule has 0 aliphatic carbocycles. The van der Waals surface area contributed by atoms with Crippen LogP contribution in [0.1, 0.15) is 40.0 Å². The van der Waals surface area contributed by atoms with Gasteiger partial charge >= 0.3 is 12.0 Å². The number of hydrogen-bond donors (Lipinski definition) is 2. The van der Waals surface area contributed by atoms with Gasteiger partial charge in [-0.25, -0.2) is 9.59 Å². The van der Waals surface area contributed by atoms with Gasteiger partial charge in [0.25, 0.3) is 0 Å². The van der Waals surface area contributed by atoms with Gasteiger partial charge in [-0.3, -0.25) is 0 Å². The molecule has 110 valence electrons. The SMILES string of the molecule is CCC(C)(C)NC(=O)N1CCC(OCC(=O)O)CC1. The first-order valence-electron chi connectivity index (χ1n) is 6.74. The Morgan fingerprint density at radius 2 is 1.95 bits per heavy atom. The van der Waals surface area contributed by atoms with Gasteiger partial charge in [-0.1, -0.05) is 6.92 Å². The van der Waals surface area contributed by atoms with Gasteiger partial charge in [-0.05, 0) is 33.1 Å². The third-order valence-electron chi connectivity index (χ3n) is 3.50.